The second kappa shape index (κ2) is 2.63. The summed E-state index contributed by atoms with van der Waals surface area (Å²) in [6.07, 6.45) is 0. The third kappa shape index (κ3) is 1.58. The lowest BCUT2D eigenvalue weighted by Gasteiger charge is -2.20. The molecule has 0 bridgehead atoms. The first-order valence-electron chi connectivity index (χ1n) is 2.37. The van der Waals surface area contributed by atoms with E-state index in [1.54, 1.807) is 0 Å². The van der Waals surface area contributed by atoms with Crippen molar-refractivity contribution in [3.8, 4) is 0 Å². The zero-order valence-corrected chi connectivity index (χ0v) is 5.08. The largest absolute Gasteiger partial charge is 0.388 e. The topological polar surface area (TPSA) is 43.1 Å². The summed E-state index contributed by atoms with van der Waals surface area (Å²) in [4.78, 5) is 9.65. The van der Waals surface area contributed by atoms with Crippen molar-refractivity contribution in [1.82, 2.24) is 0 Å². The van der Waals surface area contributed by atoms with Gasteiger partial charge < -0.3 is 5.73 Å². The quantitative estimate of drug-likeness (QED) is 0.634. The van der Waals surface area contributed by atoms with Crippen LogP contribution in [0.2, 0.25) is 0 Å². The van der Waals surface area contributed by atoms with Gasteiger partial charge in [-0.15, -0.1) is 0 Å². The van der Waals surface area contributed by atoms with E-state index >= 15 is 0 Å². The minimum atomic E-state index is -5.12. The van der Waals surface area contributed by atoms with E-state index in [0.29, 0.717) is 0 Å². The van der Waals surface area contributed by atoms with Gasteiger partial charge in [0.15, 0.2) is 6.67 Å². The molecule has 0 heterocycles. The minimum Gasteiger partial charge on any atom is -0.364 e. The van der Waals surface area contributed by atoms with Gasteiger partial charge in [-0.25, -0.2) is 4.39 Å². The molecular formula is C4H4F5NO. The van der Waals surface area contributed by atoms with Gasteiger partial charge in [0.05, 0.1) is 0 Å². The molecule has 0 spiro atoms. The van der Waals surface area contributed by atoms with Gasteiger partial charge in [-0.3, -0.25) is 4.79 Å². The Morgan fingerprint density at radius 2 is 1.64 bits per heavy atom. The molecule has 0 saturated carbocycles. The van der Waals surface area contributed by atoms with E-state index in [2.05, 4.69) is 5.73 Å². The van der Waals surface area contributed by atoms with E-state index in [-0.39, 0.29) is 0 Å². The highest BCUT2D eigenvalue weighted by Gasteiger charge is 2.61. The van der Waals surface area contributed by atoms with Gasteiger partial charge >= 0.3 is 11.8 Å². The zero-order chi connectivity index (χ0) is 9.28. The van der Waals surface area contributed by atoms with E-state index in [0.717, 1.165) is 0 Å². The summed E-state index contributed by atoms with van der Waals surface area (Å²) < 4.78 is 58.4. The number of carbonyl (C=O) groups excluding carboxylic acids is 1. The predicted octanol–water partition coefficient (Wildman–Crippen LogP) is 0.712. The number of amides is 1. The average Bonchev–Trinajstić information content (AvgIpc) is 1.87. The van der Waals surface area contributed by atoms with Crippen molar-refractivity contribution in [2.24, 2.45) is 5.73 Å². The van der Waals surface area contributed by atoms with Crippen LogP contribution in [-0.2, 0) is 4.79 Å². The van der Waals surface area contributed by atoms with Crippen LogP contribution in [-0.4, -0.2) is 24.4 Å². The molecule has 0 aliphatic heterocycles. The van der Waals surface area contributed by atoms with Crippen molar-refractivity contribution in [2.45, 2.75) is 11.8 Å². The molecule has 0 aliphatic rings. The van der Waals surface area contributed by atoms with Crippen molar-refractivity contribution in [3.05, 3.63) is 0 Å². The molecule has 0 aromatic heterocycles. The average molecular weight is 177 g/mol. The third-order valence-electron chi connectivity index (χ3n) is 0.937. The van der Waals surface area contributed by atoms with Crippen molar-refractivity contribution in [3.63, 3.8) is 0 Å². The zero-order valence-electron chi connectivity index (χ0n) is 5.08. The molecule has 2 N–H and O–H groups in total. The van der Waals surface area contributed by atoms with Crippen molar-refractivity contribution in [2.75, 3.05) is 6.67 Å². The number of halogens is 5. The van der Waals surface area contributed by atoms with Crippen LogP contribution in [0.5, 0.6) is 0 Å². The van der Waals surface area contributed by atoms with E-state index in [1.807, 2.05) is 0 Å². The second-order valence-electron chi connectivity index (χ2n) is 1.78. The molecule has 11 heavy (non-hydrogen) atoms. The highest BCUT2D eigenvalue weighted by Crippen LogP contribution is 2.33. The maximum Gasteiger partial charge on any atom is 0.388 e. The van der Waals surface area contributed by atoms with E-state index in [9.17, 15) is 26.7 Å². The molecule has 0 aromatic rings. The molecule has 0 fully saturated rings. The van der Waals surface area contributed by atoms with E-state index in [1.165, 1.54) is 0 Å². The highest BCUT2D eigenvalue weighted by molar-refractivity contribution is 5.82. The standard InChI is InChI=1S/C4H4F5NO/c5-1-3(6,7)4(8,9)2(10)11/h1H2,(H2,10,11). The van der Waals surface area contributed by atoms with Crippen molar-refractivity contribution < 1.29 is 26.7 Å². The third-order valence-corrected chi connectivity index (χ3v) is 0.937. The van der Waals surface area contributed by atoms with Crippen LogP contribution >= 0.6 is 0 Å². The Bertz CT molecular complexity index is 168. The Morgan fingerprint density at radius 3 is 1.73 bits per heavy atom. The summed E-state index contributed by atoms with van der Waals surface area (Å²) in [6.45, 7) is -2.62. The van der Waals surface area contributed by atoms with Gasteiger partial charge in [-0.05, 0) is 0 Å². The maximum atomic E-state index is 11.9. The molecule has 0 saturated heterocycles. The van der Waals surface area contributed by atoms with E-state index < -0.39 is 24.4 Å². The van der Waals surface area contributed by atoms with Crippen LogP contribution in [0.25, 0.3) is 0 Å². The summed E-state index contributed by atoms with van der Waals surface area (Å²) in [5, 5.41) is 0. The van der Waals surface area contributed by atoms with Crippen molar-refractivity contribution in [1.29, 1.82) is 0 Å². The summed E-state index contributed by atoms with van der Waals surface area (Å²) in [5.41, 5.74) is 3.90. The summed E-state index contributed by atoms with van der Waals surface area (Å²) in [5.74, 6) is -12.7. The number of hydrogen-bond donors (Lipinski definition) is 1. The molecule has 0 radical (unpaired) electrons. The molecule has 7 heteroatoms. The molecule has 0 unspecified atom stereocenters. The molecule has 2 nitrogen and oxygen atoms in total. The minimum absolute atomic E-state index is 2.54. The van der Waals surface area contributed by atoms with Crippen molar-refractivity contribution >= 4 is 5.91 Å². The van der Waals surface area contributed by atoms with Crippen LogP contribution < -0.4 is 5.73 Å². The van der Waals surface area contributed by atoms with Gasteiger partial charge in [0.1, 0.15) is 0 Å². The normalized spacial score (nSPS) is 13.2. The molecule has 0 aliphatic carbocycles. The first-order valence-corrected chi connectivity index (χ1v) is 2.37. The summed E-state index contributed by atoms with van der Waals surface area (Å²) in [7, 11) is 0. The maximum absolute atomic E-state index is 11.9. The van der Waals surface area contributed by atoms with Gasteiger partial charge in [-0.1, -0.05) is 0 Å². The Kier molecular flexibility index (Phi) is 2.42. The lowest BCUT2D eigenvalue weighted by atomic mass is 10.2. The SMILES string of the molecule is NC(=O)C(F)(F)C(F)(F)CF. The van der Waals surface area contributed by atoms with E-state index in [4.69, 9.17) is 0 Å². The van der Waals surface area contributed by atoms with Gasteiger partial charge in [0.2, 0.25) is 0 Å². The smallest absolute Gasteiger partial charge is 0.364 e. The number of primary amides is 1. The fraction of sp³-hybridized carbons (Fsp3) is 0.750. The number of alkyl halides is 5. The van der Waals surface area contributed by atoms with Gasteiger partial charge in [-0.2, -0.15) is 17.6 Å². The van der Waals surface area contributed by atoms with Gasteiger partial charge in [0, 0.05) is 0 Å². The monoisotopic (exact) mass is 177 g/mol. The molecule has 1 amide bonds. The van der Waals surface area contributed by atoms with Crippen LogP contribution in [0.3, 0.4) is 0 Å². The first-order chi connectivity index (χ1) is 4.75. The number of carbonyl (C=O) groups is 1. The fourth-order valence-corrected chi connectivity index (χ4v) is 0.264. The Hall–Kier alpha value is -0.880. The van der Waals surface area contributed by atoms with Crippen LogP contribution in [0.15, 0.2) is 0 Å². The second-order valence-corrected chi connectivity index (χ2v) is 1.78. The Balaban J connectivity index is 4.67. The number of nitrogens with two attached hydrogens (primary N) is 1. The van der Waals surface area contributed by atoms with Crippen LogP contribution in [0.1, 0.15) is 0 Å². The molecule has 66 valence electrons. The Morgan fingerprint density at radius 1 is 1.27 bits per heavy atom. The van der Waals surface area contributed by atoms with Crippen LogP contribution in [0, 0.1) is 0 Å². The summed E-state index contributed by atoms with van der Waals surface area (Å²) >= 11 is 0. The Labute approximate surface area is 58.2 Å². The highest BCUT2D eigenvalue weighted by atomic mass is 19.3. The lowest BCUT2D eigenvalue weighted by molar-refractivity contribution is -0.212. The predicted molar refractivity (Wildman–Crippen MR) is 25.1 cm³/mol. The van der Waals surface area contributed by atoms with Gasteiger partial charge in [0.25, 0.3) is 5.91 Å². The molecular weight excluding hydrogens is 173 g/mol. The number of hydrogen-bond acceptors (Lipinski definition) is 1. The van der Waals surface area contributed by atoms with Crippen LogP contribution in [0.4, 0.5) is 22.0 Å². The fourth-order valence-electron chi connectivity index (χ4n) is 0.264. The molecule has 0 atom stereocenters. The molecule has 0 rings (SSSR count). The molecule has 0 aromatic carbocycles. The number of rotatable bonds is 3. The summed E-state index contributed by atoms with van der Waals surface area (Å²) in [6, 6.07) is 0. The lowest BCUT2D eigenvalue weighted by Crippen LogP contribution is -2.51. The first kappa shape index (κ1) is 10.1.